The zero-order chi connectivity index (χ0) is 16.0. The average molecular weight is 299 g/mol. The van der Waals surface area contributed by atoms with E-state index in [2.05, 4.69) is 17.4 Å². The number of hydrogen-bond donors (Lipinski definition) is 2. The van der Waals surface area contributed by atoms with Gasteiger partial charge < -0.3 is 15.2 Å². The summed E-state index contributed by atoms with van der Waals surface area (Å²) in [4.78, 5) is 0. The molecule has 118 valence electrons. The van der Waals surface area contributed by atoms with Crippen LogP contribution >= 0.6 is 0 Å². The van der Waals surface area contributed by atoms with E-state index in [-0.39, 0.29) is 5.54 Å². The Hall–Kier alpha value is -1.84. The van der Waals surface area contributed by atoms with E-state index in [1.54, 1.807) is 7.11 Å². The summed E-state index contributed by atoms with van der Waals surface area (Å²) in [6.45, 7) is 4.86. The third kappa shape index (κ3) is 4.33. The highest BCUT2D eigenvalue weighted by Gasteiger charge is 2.28. The van der Waals surface area contributed by atoms with Crippen LogP contribution in [-0.4, -0.2) is 24.3 Å². The van der Waals surface area contributed by atoms with Crippen LogP contribution in [0.2, 0.25) is 0 Å². The fourth-order valence-electron chi connectivity index (χ4n) is 2.47. The van der Waals surface area contributed by atoms with Crippen LogP contribution in [0, 0.1) is 0 Å². The molecule has 2 aromatic carbocycles. The predicted octanol–water partition coefficient (Wildman–Crippen LogP) is 3.34. The zero-order valence-electron chi connectivity index (χ0n) is 13.5. The van der Waals surface area contributed by atoms with Crippen LogP contribution < -0.4 is 10.1 Å². The van der Waals surface area contributed by atoms with Gasteiger partial charge in [-0.1, -0.05) is 42.5 Å². The van der Waals surface area contributed by atoms with E-state index in [4.69, 9.17) is 4.74 Å². The van der Waals surface area contributed by atoms with Gasteiger partial charge in [0.2, 0.25) is 0 Å². The average Bonchev–Trinajstić information content (AvgIpc) is 2.55. The molecule has 0 amide bonds. The Morgan fingerprint density at radius 3 is 2.27 bits per heavy atom. The largest absolute Gasteiger partial charge is 0.497 e. The van der Waals surface area contributed by atoms with Gasteiger partial charge in [0.05, 0.1) is 13.2 Å². The van der Waals surface area contributed by atoms with Gasteiger partial charge in [0, 0.05) is 5.54 Å². The Bertz CT molecular complexity index is 564. The van der Waals surface area contributed by atoms with Gasteiger partial charge in [0.15, 0.2) is 0 Å². The molecule has 0 heterocycles. The molecule has 1 atom stereocenters. The number of ether oxygens (including phenoxy) is 1. The van der Waals surface area contributed by atoms with Crippen molar-refractivity contribution >= 4 is 0 Å². The van der Waals surface area contributed by atoms with E-state index < -0.39 is 6.10 Å². The molecule has 0 aliphatic rings. The first kappa shape index (κ1) is 16.5. The SMILES string of the molecule is COc1ccc(CCNC(C)(C)[C@@H](O)c2ccccc2)cc1. The number of aliphatic hydroxyl groups excluding tert-OH is 1. The monoisotopic (exact) mass is 299 g/mol. The first-order valence-electron chi connectivity index (χ1n) is 7.64. The Morgan fingerprint density at radius 1 is 1.05 bits per heavy atom. The summed E-state index contributed by atoms with van der Waals surface area (Å²) >= 11 is 0. The minimum Gasteiger partial charge on any atom is -0.497 e. The van der Waals surface area contributed by atoms with Crippen LogP contribution in [-0.2, 0) is 6.42 Å². The Balaban J connectivity index is 1.89. The molecule has 0 aromatic heterocycles. The van der Waals surface area contributed by atoms with Crippen molar-refractivity contribution < 1.29 is 9.84 Å². The van der Waals surface area contributed by atoms with Gasteiger partial charge in [0.1, 0.15) is 5.75 Å². The molecule has 0 radical (unpaired) electrons. The maximum Gasteiger partial charge on any atom is 0.118 e. The van der Waals surface area contributed by atoms with Gasteiger partial charge in [-0.3, -0.25) is 0 Å². The molecule has 0 unspecified atom stereocenters. The maximum absolute atomic E-state index is 10.5. The van der Waals surface area contributed by atoms with Crippen molar-refractivity contribution in [3.63, 3.8) is 0 Å². The molecule has 0 spiro atoms. The number of aliphatic hydroxyl groups is 1. The molecular formula is C19H25NO2. The molecule has 0 saturated heterocycles. The lowest BCUT2D eigenvalue weighted by Crippen LogP contribution is -2.45. The number of hydrogen-bond acceptors (Lipinski definition) is 3. The number of benzene rings is 2. The van der Waals surface area contributed by atoms with Gasteiger partial charge in [-0.25, -0.2) is 0 Å². The smallest absolute Gasteiger partial charge is 0.118 e. The first-order chi connectivity index (χ1) is 10.5. The van der Waals surface area contributed by atoms with Crippen molar-refractivity contribution in [1.82, 2.24) is 5.32 Å². The molecule has 0 saturated carbocycles. The van der Waals surface area contributed by atoms with Gasteiger partial charge >= 0.3 is 0 Å². The molecule has 3 heteroatoms. The van der Waals surface area contributed by atoms with Crippen molar-refractivity contribution in [2.75, 3.05) is 13.7 Å². The molecule has 0 fully saturated rings. The highest BCUT2D eigenvalue weighted by Crippen LogP contribution is 2.25. The van der Waals surface area contributed by atoms with E-state index in [9.17, 15) is 5.11 Å². The minimum absolute atomic E-state index is 0.381. The zero-order valence-corrected chi connectivity index (χ0v) is 13.5. The highest BCUT2D eigenvalue weighted by molar-refractivity contribution is 5.27. The van der Waals surface area contributed by atoms with Gasteiger partial charge in [0.25, 0.3) is 0 Å². The van der Waals surface area contributed by atoms with Crippen LogP contribution in [0.25, 0.3) is 0 Å². The van der Waals surface area contributed by atoms with E-state index in [0.717, 1.165) is 24.3 Å². The molecule has 2 N–H and O–H groups in total. The molecule has 3 nitrogen and oxygen atoms in total. The van der Waals surface area contributed by atoms with E-state index in [1.807, 2.05) is 56.3 Å². The summed E-state index contributed by atoms with van der Waals surface area (Å²) in [5, 5.41) is 14.0. The van der Waals surface area contributed by atoms with E-state index in [1.165, 1.54) is 5.56 Å². The molecule has 0 aliphatic heterocycles. The fourth-order valence-corrected chi connectivity index (χ4v) is 2.47. The standard InChI is InChI=1S/C19H25NO2/c1-19(2,18(21)16-7-5-4-6-8-16)20-14-13-15-9-11-17(22-3)12-10-15/h4-12,18,20-21H,13-14H2,1-3H3/t18-/m0/s1. The number of methoxy groups -OCH3 is 1. The van der Waals surface area contributed by atoms with Crippen LogP contribution in [0.4, 0.5) is 0 Å². The highest BCUT2D eigenvalue weighted by atomic mass is 16.5. The van der Waals surface area contributed by atoms with E-state index in [0.29, 0.717) is 0 Å². The molecule has 22 heavy (non-hydrogen) atoms. The Morgan fingerprint density at radius 2 is 1.68 bits per heavy atom. The van der Waals surface area contributed by atoms with Crippen LogP contribution in [0.15, 0.2) is 54.6 Å². The molecule has 0 bridgehead atoms. The summed E-state index contributed by atoms with van der Waals surface area (Å²) in [5.74, 6) is 0.872. The van der Waals surface area contributed by atoms with Gasteiger partial charge in [-0.05, 0) is 50.1 Å². The summed E-state index contributed by atoms with van der Waals surface area (Å²) in [5.41, 5.74) is 1.80. The molecular weight excluding hydrogens is 274 g/mol. The normalized spacial score (nSPS) is 12.9. The Kier molecular flexibility index (Phi) is 5.58. The fraction of sp³-hybridized carbons (Fsp3) is 0.368. The third-order valence-corrected chi connectivity index (χ3v) is 3.95. The lowest BCUT2D eigenvalue weighted by Gasteiger charge is -2.32. The minimum atomic E-state index is -0.537. The molecule has 2 aromatic rings. The van der Waals surface area contributed by atoms with Crippen molar-refractivity contribution in [2.24, 2.45) is 0 Å². The molecule has 2 rings (SSSR count). The van der Waals surface area contributed by atoms with Crippen molar-refractivity contribution in [3.05, 3.63) is 65.7 Å². The summed E-state index contributed by atoms with van der Waals surface area (Å²) in [6, 6.07) is 17.9. The topological polar surface area (TPSA) is 41.5 Å². The van der Waals surface area contributed by atoms with E-state index >= 15 is 0 Å². The summed E-state index contributed by atoms with van der Waals surface area (Å²) in [6.07, 6.45) is 0.374. The third-order valence-electron chi connectivity index (χ3n) is 3.95. The van der Waals surface area contributed by atoms with Gasteiger partial charge in [-0.2, -0.15) is 0 Å². The van der Waals surface area contributed by atoms with Crippen LogP contribution in [0.5, 0.6) is 5.75 Å². The quantitative estimate of drug-likeness (QED) is 0.824. The summed E-state index contributed by atoms with van der Waals surface area (Å²) in [7, 11) is 1.67. The van der Waals surface area contributed by atoms with Crippen LogP contribution in [0.3, 0.4) is 0 Å². The maximum atomic E-state index is 10.5. The lowest BCUT2D eigenvalue weighted by atomic mass is 9.91. The Labute approximate surface area is 133 Å². The van der Waals surface area contributed by atoms with Crippen molar-refractivity contribution in [1.29, 1.82) is 0 Å². The van der Waals surface area contributed by atoms with Gasteiger partial charge in [-0.15, -0.1) is 0 Å². The second-order valence-corrected chi connectivity index (χ2v) is 6.06. The summed E-state index contributed by atoms with van der Waals surface area (Å²) < 4.78 is 5.16. The number of rotatable bonds is 7. The number of nitrogens with one attached hydrogen (secondary N) is 1. The molecule has 0 aliphatic carbocycles. The lowest BCUT2D eigenvalue weighted by molar-refractivity contribution is 0.0807. The second-order valence-electron chi connectivity index (χ2n) is 6.06. The first-order valence-corrected chi connectivity index (χ1v) is 7.64. The second kappa shape index (κ2) is 7.43. The predicted molar refractivity (Wildman–Crippen MR) is 90.2 cm³/mol. The van der Waals surface area contributed by atoms with Crippen LogP contribution in [0.1, 0.15) is 31.1 Å². The van der Waals surface area contributed by atoms with Crippen molar-refractivity contribution in [2.45, 2.75) is 31.9 Å². The van der Waals surface area contributed by atoms with Crippen molar-refractivity contribution in [3.8, 4) is 5.75 Å².